The molecule has 1 aromatic heterocycles. The van der Waals surface area contributed by atoms with E-state index in [0.29, 0.717) is 16.3 Å². The first-order valence-electron chi connectivity index (χ1n) is 7.12. The molecule has 0 atom stereocenters. The molecule has 3 nitrogen and oxygen atoms in total. The molecule has 1 heterocycles. The minimum Gasteiger partial charge on any atom is -0.383 e. The Hall–Kier alpha value is -2.83. The lowest BCUT2D eigenvalue weighted by molar-refractivity contribution is 1.30. The summed E-state index contributed by atoms with van der Waals surface area (Å²) in [5.41, 5.74) is 10.8. The maximum Gasteiger partial charge on any atom is 0.142 e. The first-order valence-corrected chi connectivity index (χ1v) is 7.50. The Kier molecular flexibility index (Phi) is 4.01. The molecular weight excluding hydrogens is 306 g/mol. The molecule has 0 amide bonds. The standard InChI is InChI=1S/C19H14ClN3/c1-12-5-2-3-8-15(12)16-10-18(23-19(22)17(16)11-21)13-6-4-7-14(20)9-13/h2-10H,1H3,(H2,22,23). The topological polar surface area (TPSA) is 62.7 Å². The van der Waals surface area contributed by atoms with Crippen molar-refractivity contribution in [1.82, 2.24) is 4.98 Å². The first kappa shape index (κ1) is 15.1. The summed E-state index contributed by atoms with van der Waals surface area (Å²) < 4.78 is 0. The number of pyridine rings is 1. The number of nitrogen functional groups attached to an aromatic ring is 1. The van der Waals surface area contributed by atoms with E-state index in [2.05, 4.69) is 11.1 Å². The number of hydrogen-bond donors (Lipinski definition) is 1. The van der Waals surface area contributed by atoms with Gasteiger partial charge in [0.25, 0.3) is 0 Å². The second-order valence-electron chi connectivity index (χ2n) is 5.25. The molecule has 0 saturated carbocycles. The number of nitriles is 1. The van der Waals surface area contributed by atoms with E-state index in [-0.39, 0.29) is 5.82 Å². The third-order valence-electron chi connectivity index (χ3n) is 3.71. The molecule has 3 aromatic rings. The molecule has 0 bridgehead atoms. The quantitative estimate of drug-likeness (QED) is 0.735. The van der Waals surface area contributed by atoms with Crippen molar-refractivity contribution in [2.75, 3.05) is 5.73 Å². The molecule has 4 heteroatoms. The van der Waals surface area contributed by atoms with E-state index < -0.39 is 0 Å². The van der Waals surface area contributed by atoms with Crippen LogP contribution in [0.4, 0.5) is 5.82 Å². The number of hydrogen-bond acceptors (Lipinski definition) is 3. The van der Waals surface area contributed by atoms with Crippen LogP contribution in [0.5, 0.6) is 0 Å². The highest BCUT2D eigenvalue weighted by atomic mass is 35.5. The summed E-state index contributed by atoms with van der Waals surface area (Å²) in [6.07, 6.45) is 0. The van der Waals surface area contributed by atoms with Gasteiger partial charge in [-0.1, -0.05) is 48.0 Å². The molecule has 0 aliphatic carbocycles. The van der Waals surface area contributed by atoms with Crippen molar-refractivity contribution in [3.05, 3.63) is 70.7 Å². The highest BCUT2D eigenvalue weighted by Gasteiger charge is 2.14. The Balaban J connectivity index is 2.27. The maximum atomic E-state index is 9.47. The second kappa shape index (κ2) is 6.12. The van der Waals surface area contributed by atoms with E-state index >= 15 is 0 Å². The maximum absolute atomic E-state index is 9.47. The highest BCUT2D eigenvalue weighted by Crippen LogP contribution is 2.33. The zero-order valence-electron chi connectivity index (χ0n) is 12.5. The molecule has 112 valence electrons. The summed E-state index contributed by atoms with van der Waals surface area (Å²) in [5.74, 6) is 0.225. The van der Waals surface area contributed by atoms with E-state index in [1.807, 2.05) is 55.5 Å². The largest absolute Gasteiger partial charge is 0.383 e. The molecule has 2 aromatic carbocycles. The lowest BCUT2D eigenvalue weighted by Gasteiger charge is -2.12. The van der Waals surface area contributed by atoms with Crippen molar-refractivity contribution in [3.8, 4) is 28.5 Å². The Morgan fingerprint density at radius 3 is 2.52 bits per heavy atom. The van der Waals surface area contributed by atoms with Gasteiger partial charge in [0, 0.05) is 16.1 Å². The monoisotopic (exact) mass is 319 g/mol. The van der Waals surface area contributed by atoms with Crippen molar-refractivity contribution in [2.45, 2.75) is 6.92 Å². The summed E-state index contributed by atoms with van der Waals surface area (Å²) in [4.78, 5) is 4.37. The summed E-state index contributed by atoms with van der Waals surface area (Å²) in [7, 11) is 0. The van der Waals surface area contributed by atoms with Crippen LogP contribution in [0, 0.1) is 18.3 Å². The van der Waals surface area contributed by atoms with Gasteiger partial charge >= 0.3 is 0 Å². The van der Waals surface area contributed by atoms with Gasteiger partial charge in [0.2, 0.25) is 0 Å². The lowest BCUT2D eigenvalue weighted by atomic mass is 9.95. The lowest BCUT2D eigenvalue weighted by Crippen LogP contribution is -2.00. The predicted molar refractivity (Wildman–Crippen MR) is 94.0 cm³/mol. The van der Waals surface area contributed by atoms with Gasteiger partial charge in [0.05, 0.1) is 5.69 Å². The van der Waals surface area contributed by atoms with E-state index in [4.69, 9.17) is 17.3 Å². The zero-order valence-corrected chi connectivity index (χ0v) is 13.3. The number of anilines is 1. The summed E-state index contributed by atoms with van der Waals surface area (Å²) in [6.45, 7) is 2.01. The Morgan fingerprint density at radius 2 is 1.83 bits per heavy atom. The number of aromatic nitrogens is 1. The van der Waals surface area contributed by atoms with Gasteiger partial charge in [0.1, 0.15) is 17.5 Å². The molecule has 0 spiro atoms. The molecule has 0 aliphatic rings. The zero-order chi connectivity index (χ0) is 16.4. The fraction of sp³-hybridized carbons (Fsp3) is 0.0526. The summed E-state index contributed by atoms with van der Waals surface area (Å²) in [6, 6.07) is 19.4. The SMILES string of the molecule is Cc1ccccc1-c1cc(-c2cccc(Cl)c2)nc(N)c1C#N. The van der Waals surface area contributed by atoms with Crippen LogP contribution in [0.3, 0.4) is 0 Å². The van der Waals surface area contributed by atoms with Gasteiger partial charge in [-0.05, 0) is 36.2 Å². The summed E-state index contributed by atoms with van der Waals surface area (Å²) in [5, 5.41) is 10.1. The van der Waals surface area contributed by atoms with Crippen LogP contribution in [-0.2, 0) is 0 Å². The number of nitrogens with two attached hydrogens (primary N) is 1. The van der Waals surface area contributed by atoms with Crippen LogP contribution in [0.15, 0.2) is 54.6 Å². The van der Waals surface area contributed by atoms with Crippen molar-refractivity contribution in [2.24, 2.45) is 0 Å². The van der Waals surface area contributed by atoms with Crippen LogP contribution in [0.1, 0.15) is 11.1 Å². The van der Waals surface area contributed by atoms with Gasteiger partial charge in [-0.2, -0.15) is 5.26 Å². The number of halogens is 1. The van der Waals surface area contributed by atoms with Gasteiger partial charge < -0.3 is 5.73 Å². The average molecular weight is 320 g/mol. The van der Waals surface area contributed by atoms with Gasteiger partial charge in [0.15, 0.2) is 0 Å². The van der Waals surface area contributed by atoms with Crippen LogP contribution in [0.25, 0.3) is 22.4 Å². The van der Waals surface area contributed by atoms with E-state index in [1.54, 1.807) is 6.07 Å². The molecule has 23 heavy (non-hydrogen) atoms. The molecule has 3 rings (SSSR count). The van der Waals surface area contributed by atoms with E-state index in [9.17, 15) is 5.26 Å². The number of aryl methyl sites for hydroxylation is 1. The second-order valence-corrected chi connectivity index (χ2v) is 5.69. The molecule has 0 radical (unpaired) electrons. The van der Waals surface area contributed by atoms with Gasteiger partial charge in [-0.25, -0.2) is 4.98 Å². The molecule has 2 N–H and O–H groups in total. The van der Waals surface area contributed by atoms with Crippen LogP contribution < -0.4 is 5.73 Å². The van der Waals surface area contributed by atoms with E-state index in [0.717, 1.165) is 22.3 Å². The normalized spacial score (nSPS) is 10.3. The molecule has 0 aliphatic heterocycles. The van der Waals surface area contributed by atoms with Crippen molar-refractivity contribution in [1.29, 1.82) is 5.26 Å². The first-order chi connectivity index (χ1) is 11.1. The van der Waals surface area contributed by atoms with E-state index in [1.165, 1.54) is 0 Å². The molecule has 0 saturated heterocycles. The Morgan fingerprint density at radius 1 is 1.04 bits per heavy atom. The predicted octanol–water partition coefficient (Wildman–Crippen LogP) is 4.83. The fourth-order valence-corrected chi connectivity index (χ4v) is 2.76. The minimum absolute atomic E-state index is 0.225. The van der Waals surface area contributed by atoms with Crippen LogP contribution in [-0.4, -0.2) is 4.98 Å². The van der Waals surface area contributed by atoms with Crippen LogP contribution in [0.2, 0.25) is 5.02 Å². The number of benzene rings is 2. The van der Waals surface area contributed by atoms with Crippen molar-refractivity contribution in [3.63, 3.8) is 0 Å². The van der Waals surface area contributed by atoms with Crippen molar-refractivity contribution >= 4 is 17.4 Å². The smallest absolute Gasteiger partial charge is 0.142 e. The Bertz CT molecular complexity index is 926. The summed E-state index contributed by atoms with van der Waals surface area (Å²) >= 11 is 6.06. The molecular formula is C19H14ClN3. The van der Waals surface area contributed by atoms with Gasteiger partial charge in [-0.15, -0.1) is 0 Å². The number of nitrogens with zero attached hydrogens (tertiary/aromatic N) is 2. The van der Waals surface area contributed by atoms with Crippen LogP contribution >= 0.6 is 11.6 Å². The highest BCUT2D eigenvalue weighted by molar-refractivity contribution is 6.30. The Labute approximate surface area is 140 Å². The average Bonchev–Trinajstić information content (AvgIpc) is 2.54. The van der Waals surface area contributed by atoms with Gasteiger partial charge in [-0.3, -0.25) is 0 Å². The molecule has 0 fully saturated rings. The third-order valence-corrected chi connectivity index (χ3v) is 3.95. The number of rotatable bonds is 2. The van der Waals surface area contributed by atoms with Crippen molar-refractivity contribution < 1.29 is 0 Å². The molecule has 0 unspecified atom stereocenters. The fourth-order valence-electron chi connectivity index (χ4n) is 2.57. The third kappa shape index (κ3) is 2.90. The minimum atomic E-state index is 0.225.